The van der Waals surface area contributed by atoms with Gasteiger partial charge < -0.3 is 15.5 Å². The highest BCUT2D eigenvalue weighted by Gasteiger charge is 2.34. The monoisotopic (exact) mass is 602 g/mol. The number of nitrogen functional groups attached to an aromatic ring is 1. The van der Waals surface area contributed by atoms with E-state index in [9.17, 15) is 18.0 Å². The van der Waals surface area contributed by atoms with Gasteiger partial charge in [-0.3, -0.25) is 14.1 Å². The Morgan fingerprint density at radius 1 is 1.07 bits per heavy atom. The van der Waals surface area contributed by atoms with E-state index >= 15 is 0 Å². The van der Waals surface area contributed by atoms with Crippen molar-refractivity contribution in [2.45, 2.75) is 45.1 Å². The Hall–Kier alpha value is -4.71. The molecule has 1 unspecified atom stereocenters. The number of nitrogens with one attached hydrogen (secondary N) is 1. The zero-order valence-electron chi connectivity index (χ0n) is 24.5. The SMILES string of the molecule is C=C(CC(C)NC(=O)c1cn2c(-c3ccc4ncc(C)n4c3)c(-c3ccc(F)cc3)nc(N)c2n1)CN1CCC(F)(F)CC1. The molecule has 0 saturated carbocycles. The first-order valence-corrected chi connectivity index (χ1v) is 14.4. The average molecular weight is 603 g/mol. The van der Waals surface area contributed by atoms with Gasteiger partial charge >= 0.3 is 0 Å². The second-order valence-corrected chi connectivity index (χ2v) is 11.5. The summed E-state index contributed by atoms with van der Waals surface area (Å²) in [7, 11) is 0. The number of likely N-dealkylation sites (tertiary alicyclic amines) is 1. The number of carbonyl (C=O) groups is 1. The third kappa shape index (κ3) is 5.89. The number of amides is 1. The molecule has 0 aliphatic carbocycles. The summed E-state index contributed by atoms with van der Waals surface area (Å²) in [5, 5.41) is 2.97. The number of anilines is 1. The largest absolute Gasteiger partial charge is 0.381 e. The maximum Gasteiger partial charge on any atom is 0.271 e. The number of halogens is 3. The van der Waals surface area contributed by atoms with Crippen molar-refractivity contribution in [2.75, 3.05) is 25.4 Å². The predicted octanol–water partition coefficient (Wildman–Crippen LogP) is 5.54. The number of imidazole rings is 2. The van der Waals surface area contributed by atoms with E-state index in [0.29, 0.717) is 48.7 Å². The lowest BCUT2D eigenvalue weighted by Crippen LogP contribution is -2.41. The zero-order chi connectivity index (χ0) is 31.2. The molecule has 5 heterocycles. The van der Waals surface area contributed by atoms with E-state index in [1.54, 1.807) is 28.9 Å². The van der Waals surface area contributed by atoms with E-state index in [1.807, 2.05) is 41.5 Å². The van der Waals surface area contributed by atoms with Gasteiger partial charge in [0.1, 0.15) is 17.2 Å². The summed E-state index contributed by atoms with van der Waals surface area (Å²) in [5.41, 5.74) is 11.9. The summed E-state index contributed by atoms with van der Waals surface area (Å²) in [6.45, 7) is 9.06. The van der Waals surface area contributed by atoms with Crippen LogP contribution >= 0.6 is 0 Å². The van der Waals surface area contributed by atoms with Crippen LogP contribution in [-0.2, 0) is 0 Å². The number of rotatable bonds is 8. The van der Waals surface area contributed by atoms with Crippen molar-refractivity contribution in [1.82, 2.24) is 34.0 Å². The Labute approximate surface area is 252 Å². The van der Waals surface area contributed by atoms with Gasteiger partial charge in [-0.2, -0.15) is 0 Å². The second kappa shape index (κ2) is 11.4. The number of nitrogens with two attached hydrogens (primary N) is 1. The summed E-state index contributed by atoms with van der Waals surface area (Å²) < 4.78 is 44.5. The van der Waals surface area contributed by atoms with Crippen LogP contribution in [0.2, 0.25) is 0 Å². The highest BCUT2D eigenvalue weighted by Crippen LogP contribution is 2.34. The molecule has 0 bridgehead atoms. The molecule has 1 saturated heterocycles. The van der Waals surface area contributed by atoms with Crippen LogP contribution in [0, 0.1) is 12.7 Å². The molecule has 5 aromatic rings. The molecule has 1 atom stereocenters. The van der Waals surface area contributed by atoms with Crippen LogP contribution < -0.4 is 11.1 Å². The minimum Gasteiger partial charge on any atom is -0.381 e. The maximum absolute atomic E-state index is 13.8. The predicted molar refractivity (Wildman–Crippen MR) is 163 cm³/mol. The molecule has 0 spiro atoms. The van der Waals surface area contributed by atoms with Gasteiger partial charge in [-0.05, 0) is 56.7 Å². The van der Waals surface area contributed by atoms with Gasteiger partial charge in [0.25, 0.3) is 11.8 Å². The first-order chi connectivity index (χ1) is 21.0. The molecule has 12 heteroatoms. The second-order valence-electron chi connectivity index (χ2n) is 11.5. The van der Waals surface area contributed by atoms with Crippen LogP contribution in [0.5, 0.6) is 0 Å². The highest BCUT2D eigenvalue weighted by atomic mass is 19.3. The number of pyridine rings is 1. The molecule has 4 aromatic heterocycles. The maximum atomic E-state index is 13.8. The zero-order valence-corrected chi connectivity index (χ0v) is 24.5. The van der Waals surface area contributed by atoms with Crippen molar-refractivity contribution in [3.05, 3.63) is 84.3 Å². The Kier molecular flexibility index (Phi) is 7.62. The molecular weight excluding hydrogens is 569 g/mol. The van der Waals surface area contributed by atoms with Gasteiger partial charge in [0.2, 0.25) is 0 Å². The summed E-state index contributed by atoms with van der Waals surface area (Å²) in [6, 6.07) is 9.47. The third-order valence-electron chi connectivity index (χ3n) is 7.95. The highest BCUT2D eigenvalue weighted by molar-refractivity contribution is 5.94. The average Bonchev–Trinajstić information content (AvgIpc) is 3.59. The van der Waals surface area contributed by atoms with Gasteiger partial charge in [0, 0.05) is 73.9 Å². The van der Waals surface area contributed by atoms with E-state index in [0.717, 1.165) is 22.5 Å². The van der Waals surface area contributed by atoms with Crippen molar-refractivity contribution in [3.8, 4) is 22.5 Å². The summed E-state index contributed by atoms with van der Waals surface area (Å²) in [5.74, 6) is -3.27. The van der Waals surface area contributed by atoms with Gasteiger partial charge in [-0.1, -0.05) is 12.2 Å². The number of aromatic nitrogens is 5. The molecule has 1 aliphatic heterocycles. The third-order valence-corrected chi connectivity index (χ3v) is 7.95. The number of nitrogens with zero attached hydrogens (tertiary/aromatic N) is 6. The Balaban J connectivity index is 1.30. The first-order valence-electron chi connectivity index (χ1n) is 14.4. The van der Waals surface area contributed by atoms with Gasteiger partial charge in [0.05, 0.1) is 11.4 Å². The molecule has 3 N–H and O–H groups in total. The van der Waals surface area contributed by atoms with Crippen molar-refractivity contribution < 1.29 is 18.0 Å². The molecule has 44 heavy (non-hydrogen) atoms. The Morgan fingerprint density at radius 2 is 1.77 bits per heavy atom. The van der Waals surface area contributed by atoms with E-state index in [-0.39, 0.29) is 36.2 Å². The minimum absolute atomic E-state index is 0.112. The number of fused-ring (bicyclic) bond motifs is 2. The van der Waals surface area contributed by atoms with E-state index in [1.165, 1.54) is 12.1 Å². The number of piperidine rings is 1. The summed E-state index contributed by atoms with van der Waals surface area (Å²) >= 11 is 0. The van der Waals surface area contributed by atoms with Gasteiger partial charge in [-0.15, -0.1) is 0 Å². The van der Waals surface area contributed by atoms with Crippen molar-refractivity contribution in [2.24, 2.45) is 0 Å². The molecule has 6 rings (SSSR count). The number of hydrogen-bond donors (Lipinski definition) is 2. The minimum atomic E-state index is -2.60. The Bertz CT molecular complexity index is 1870. The lowest BCUT2D eigenvalue weighted by molar-refractivity contribution is -0.0535. The normalized spacial score (nSPS) is 15.9. The van der Waals surface area contributed by atoms with Crippen LogP contribution in [-0.4, -0.2) is 66.2 Å². The van der Waals surface area contributed by atoms with Gasteiger partial charge in [0.15, 0.2) is 11.5 Å². The lowest BCUT2D eigenvalue weighted by atomic mass is 10.0. The molecular formula is C32H33F3N8O. The van der Waals surface area contributed by atoms with Crippen LogP contribution in [0.25, 0.3) is 33.8 Å². The fourth-order valence-corrected chi connectivity index (χ4v) is 5.71. The van der Waals surface area contributed by atoms with E-state index < -0.39 is 11.8 Å². The fraction of sp³-hybridized carbons (Fsp3) is 0.312. The quantitative estimate of drug-likeness (QED) is 0.226. The van der Waals surface area contributed by atoms with Crippen molar-refractivity contribution >= 4 is 23.0 Å². The van der Waals surface area contributed by atoms with Crippen LogP contribution in [0.3, 0.4) is 0 Å². The molecule has 1 amide bonds. The van der Waals surface area contributed by atoms with Gasteiger partial charge in [-0.25, -0.2) is 28.1 Å². The molecule has 228 valence electrons. The molecule has 1 aromatic carbocycles. The standard InChI is InChI=1S/C32H33F3N8O/c1-19(16-41-12-10-32(34,35)11-13-41)14-20(2)38-31(44)25-18-43-28(23-6-9-26-37-15-21(3)42(26)17-23)27(40-29(36)30(43)39-25)22-4-7-24(33)8-5-22/h4-9,15,17-18,20H,1,10-14,16H2,2-3H3,(H2,36,40)(H,38,44). The van der Waals surface area contributed by atoms with Crippen molar-refractivity contribution in [3.63, 3.8) is 0 Å². The molecule has 0 radical (unpaired) electrons. The van der Waals surface area contributed by atoms with Crippen LogP contribution in [0.15, 0.2) is 67.1 Å². The molecule has 9 nitrogen and oxygen atoms in total. The topological polar surface area (TPSA) is 106 Å². The Morgan fingerprint density at radius 3 is 2.50 bits per heavy atom. The first kappa shape index (κ1) is 29.4. The van der Waals surface area contributed by atoms with Crippen LogP contribution in [0.4, 0.5) is 19.0 Å². The number of carbonyl (C=O) groups excluding carboxylic acids is 1. The van der Waals surface area contributed by atoms with E-state index in [4.69, 9.17) is 5.73 Å². The number of benzene rings is 1. The van der Waals surface area contributed by atoms with Crippen LogP contribution in [0.1, 0.15) is 42.4 Å². The number of aryl methyl sites for hydroxylation is 1. The number of alkyl halides is 2. The van der Waals surface area contributed by atoms with E-state index in [2.05, 4.69) is 26.8 Å². The molecule has 1 aliphatic rings. The lowest BCUT2D eigenvalue weighted by Gasteiger charge is -2.32. The smallest absolute Gasteiger partial charge is 0.271 e. The number of hydrogen-bond acceptors (Lipinski definition) is 6. The summed E-state index contributed by atoms with van der Waals surface area (Å²) in [6.07, 6.45) is 5.50. The summed E-state index contributed by atoms with van der Waals surface area (Å²) in [4.78, 5) is 29.0. The van der Waals surface area contributed by atoms with Crippen molar-refractivity contribution in [1.29, 1.82) is 0 Å². The fourth-order valence-electron chi connectivity index (χ4n) is 5.71. The molecule has 1 fully saturated rings.